The van der Waals surface area contributed by atoms with E-state index in [9.17, 15) is 14.0 Å². The number of carbonyl (C=O) groups is 1. The second kappa shape index (κ2) is 15.2. The monoisotopic (exact) mass is 646 g/mol. The number of rotatable bonds is 13. The minimum absolute atomic E-state index is 0.00730. The highest BCUT2D eigenvalue weighted by Gasteiger charge is 2.32. The smallest absolute Gasteiger partial charge is 0.277 e. The number of amides is 1. The average Bonchev–Trinajstić information content (AvgIpc) is 3.55. The average molecular weight is 647 g/mol. The van der Waals surface area contributed by atoms with E-state index in [1.807, 2.05) is 31.3 Å². The van der Waals surface area contributed by atoms with Crippen molar-refractivity contribution in [1.29, 1.82) is 0 Å². The van der Waals surface area contributed by atoms with Crippen LogP contribution in [0.2, 0.25) is 5.02 Å². The van der Waals surface area contributed by atoms with Crippen molar-refractivity contribution in [3.63, 3.8) is 0 Å². The number of fused-ring (bicyclic) bond motifs is 1. The predicted octanol–water partition coefficient (Wildman–Crippen LogP) is 7.42. The van der Waals surface area contributed by atoms with Crippen molar-refractivity contribution in [3.05, 3.63) is 116 Å². The molecule has 1 heterocycles. The van der Waals surface area contributed by atoms with E-state index in [-0.39, 0.29) is 17.3 Å². The maximum absolute atomic E-state index is 14.4. The van der Waals surface area contributed by atoms with Crippen molar-refractivity contribution in [2.24, 2.45) is 0 Å². The Kier molecular flexibility index (Phi) is 11.1. The summed E-state index contributed by atoms with van der Waals surface area (Å²) in [6, 6.07) is 21.8. The highest BCUT2D eigenvalue weighted by atomic mass is 35.5. The first kappa shape index (κ1) is 32.9. The van der Waals surface area contributed by atoms with Gasteiger partial charge in [-0.1, -0.05) is 85.7 Å². The molecule has 6 nitrogen and oxygen atoms in total. The molecule has 0 saturated heterocycles. The molecule has 0 radical (unpaired) electrons. The minimum atomic E-state index is -0.514. The fourth-order valence-electron chi connectivity index (χ4n) is 5.96. The molecule has 5 rings (SSSR count). The molecule has 45 heavy (non-hydrogen) atoms. The summed E-state index contributed by atoms with van der Waals surface area (Å²) in [6.45, 7) is 7.23. The summed E-state index contributed by atoms with van der Waals surface area (Å²) in [5.74, 6) is 0.214. The third-order valence-corrected chi connectivity index (χ3v) is 9.84. The number of likely N-dealkylation sites (N-methyl/N-ethyl adjacent to an activating group) is 1. The molecular formula is C36H40ClFN4O2S. The lowest BCUT2D eigenvalue weighted by Gasteiger charge is -2.31. The summed E-state index contributed by atoms with van der Waals surface area (Å²) >= 11 is 7.49. The van der Waals surface area contributed by atoms with Gasteiger partial charge in [0.1, 0.15) is 11.9 Å². The van der Waals surface area contributed by atoms with Crippen LogP contribution in [0.3, 0.4) is 0 Å². The van der Waals surface area contributed by atoms with E-state index < -0.39 is 6.04 Å². The maximum Gasteiger partial charge on any atom is 0.277 e. The summed E-state index contributed by atoms with van der Waals surface area (Å²) in [7, 11) is 1.85. The standard InChI is InChI=1S/C36H40ClFN4O2S/c1-4-41(5-2)22-21-33(35(44)40(3)23-25-9-13-27(14-10-25)28-15-17-29(37)18-16-28)42-32-8-6-7-31(32)34(43)39-36(42)45-24-26-11-19-30(38)20-12-26/h9-20,33H,4-8,21-24H2,1-3H3. The molecule has 1 aliphatic carbocycles. The highest BCUT2D eigenvalue weighted by molar-refractivity contribution is 7.98. The third kappa shape index (κ3) is 8.04. The van der Waals surface area contributed by atoms with Gasteiger partial charge in [-0.3, -0.25) is 9.59 Å². The molecule has 0 spiro atoms. The van der Waals surface area contributed by atoms with Crippen LogP contribution < -0.4 is 5.56 Å². The lowest BCUT2D eigenvalue weighted by molar-refractivity contribution is -0.134. The number of halogens is 2. The normalized spacial score (nSPS) is 13.2. The van der Waals surface area contributed by atoms with Gasteiger partial charge in [-0.15, -0.1) is 0 Å². The molecule has 236 valence electrons. The third-order valence-electron chi connectivity index (χ3n) is 8.56. The van der Waals surface area contributed by atoms with Crippen LogP contribution in [0.4, 0.5) is 4.39 Å². The van der Waals surface area contributed by atoms with Gasteiger partial charge in [-0.2, -0.15) is 4.98 Å². The molecule has 3 aromatic carbocycles. The Morgan fingerprint density at radius 2 is 1.58 bits per heavy atom. The van der Waals surface area contributed by atoms with Gasteiger partial charge in [0.2, 0.25) is 5.91 Å². The van der Waals surface area contributed by atoms with Gasteiger partial charge in [0, 0.05) is 42.2 Å². The Morgan fingerprint density at radius 1 is 0.956 bits per heavy atom. The van der Waals surface area contributed by atoms with Crippen molar-refractivity contribution in [2.75, 3.05) is 26.7 Å². The first-order valence-corrected chi connectivity index (χ1v) is 17.0. The Labute approximate surface area is 274 Å². The molecule has 4 aromatic rings. The molecule has 1 atom stereocenters. The number of hydrogen-bond acceptors (Lipinski definition) is 5. The van der Waals surface area contributed by atoms with Gasteiger partial charge in [0.25, 0.3) is 5.56 Å². The number of thioether (sulfide) groups is 1. The molecule has 1 amide bonds. The number of aromatic nitrogens is 2. The van der Waals surface area contributed by atoms with E-state index in [2.05, 4.69) is 52.6 Å². The lowest BCUT2D eigenvalue weighted by atomic mass is 10.0. The van der Waals surface area contributed by atoms with Crippen LogP contribution in [0.5, 0.6) is 0 Å². The van der Waals surface area contributed by atoms with E-state index in [0.29, 0.717) is 35.3 Å². The van der Waals surface area contributed by atoms with Crippen molar-refractivity contribution >= 4 is 29.3 Å². The Morgan fingerprint density at radius 3 is 2.22 bits per heavy atom. The van der Waals surface area contributed by atoms with Gasteiger partial charge in [-0.05, 0) is 85.3 Å². The van der Waals surface area contributed by atoms with Crippen LogP contribution in [-0.4, -0.2) is 51.9 Å². The first-order valence-electron chi connectivity index (χ1n) is 15.6. The first-order chi connectivity index (χ1) is 21.8. The summed E-state index contributed by atoms with van der Waals surface area (Å²) in [5, 5.41) is 1.25. The zero-order valence-corrected chi connectivity index (χ0v) is 27.7. The van der Waals surface area contributed by atoms with Crippen LogP contribution in [0.1, 0.15) is 55.1 Å². The fraction of sp³-hybridized carbons (Fsp3) is 0.361. The maximum atomic E-state index is 14.4. The number of hydrogen-bond donors (Lipinski definition) is 0. The largest absolute Gasteiger partial charge is 0.340 e. The van der Waals surface area contributed by atoms with Crippen LogP contribution >= 0.6 is 23.4 Å². The zero-order chi connectivity index (χ0) is 31.9. The van der Waals surface area contributed by atoms with Crippen molar-refractivity contribution in [2.45, 2.75) is 63.0 Å². The Bertz CT molecular complexity index is 1660. The van der Waals surface area contributed by atoms with E-state index >= 15 is 0 Å². The summed E-state index contributed by atoms with van der Waals surface area (Å²) in [6.07, 6.45) is 2.88. The van der Waals surface area contributed by atoms with Crippen LogP contribution in [0, 0.1) is 5.82 Å². The summed E-state index contributed by atoms with van der Waals surface area (Å²) in [4.78, 5) is 36.2. The molecule has 9 heteroatoms. The topological polar surface area (TPSA) is 58.4 Å². The lowest BCUT2D eigenvalue weighted by Crippen LogP contribution is -2.39. The summed E-state index contributed by atoms with van der Waals surface area (Å²) < 4.78 is 15.6. The molecular weight excluding hydrogens is 607 g/mol. The molecule has 0 N–H and O–H groups in total. The van der Waals surface area contributed by atoms with Gasteiger partial charge in [0.15, 0.2) is 5.16 Å². The molecule has 1 unspecified atom stereocenters. The van der Waals surface area contributed by atoms with E-state index in [1.54, 1.807) is 17.0 Å². The molecule has 0 saturated carbocycles. The fourth-order valence-corrected chi connectivity index (χ4v) is 7.10. The molecule has 0 fully saturated rings. The van der Waals surface area contributed by atoms with E-state index in [4.69, 9.17) is 11.6 Å². The number of nitrogens with zero attached hydrogens (tertiary/aromatic N) is 4. The highest BCUT2D eigenvalue weighted by Crippen LogP contribution is 2.32. The summed E-state index contributed by atoms with van der Waals surface area (Å²) in [5.41, 5.74) is 5.56. The Hall–Kier alpha value is -3.46. The predicted molar refractivity (Wildman–Crippen MR) is 181 cm³/mol. The Balaban J connectivity index is 1.44. The van der Waals surface area contributed by atoms with Crippen LogP contribution in [0.25, 0.3) is 11.1 Å². The molecule has 1 aliphatic rings. The van der Waals surface area contributed by atoms with Gasteiger partial charge < -0.3 is 14.4 Å². The number of benzene rings is 3. The second-order valence-corrected chi connectivity index (χ2v) is 12.9. The quantitative estimate of drug-likeness (QED) is 0.112. The van der Waals surface area contributed by atoms with Crippen molar-refractivity contribution in [1.82, 2.24) is 19.4 Å². The van der Waals surface area contributed by atoms with Gasteiger partial charge in [-0.25, -0.2) is 4.39 Å². The van der Waals surface area contributed by atoms with Crippen molar-refractivity contribution < 1.29 is 9.18 Å². The van der Waals surface area contributed by atoms with Gasteiger partial charge in [0.05, 0.1) is 0 Å². The van der Waals surface area contributed by atoms with E-state index in [0.717, 1.165) is 66.0 Å². The SMILES string of the molecule is CCN(CC)CCC(C(=O)N(C)Cc1ccc(-c2ccc(Cl)cc2)cc1)n1c(SCc2ccc(F)cc2)nc(=O)c2c1CCC2. The zero-order valence-electron chi connectivity index (χ0n) is 26.1. The molecule has 0 aliphatic heterocycles. The van der Waals surface area contributed by atoms with E-state index in [1.165, 1.54) is 23.9 Å². The number of carbonyl (C=O) groups excluding carboxylic acids is 1. The van der Waals surface area contributed by atoms with Crippen molar-refractivity contribution in [3.8, 4) is 11.1 Å². The van der Waals surface area contributed by atoms with Crippen LogP contribution in [0.15, 0.2) is 82.7 Å². The minimum Gasteiger partial charge on any atom is -0.340 e. The second-order valence-electron chi connectivity index (χ2n) is 11.5. The van der Waals surface area contributed by atoms with Gasteiger partial charge >= 0.3 is 0 Å². The van der Waals surface area contributed by atoms with Crippen LogP contribution in [-0.2, 0) is 29.9 Å². The molecule has 1 aromatic heterocycles. The molecule has 0 bridgehead atoms.